The minimum absolute atomic E-state index is 0.0643. The van der Waals surface area contributed by atoms with E-state index in [9.17, 15) is 9.90 Å². The van der Waals surface area contributed by atoms with Crippen molar-refractivity contribution in [2.45, 2.75) is 26.8 Å². The molecular weight excluding hydrogens is 256 g/mol. The summed E-state index contributed by atoms with van der Waals surface area (Å²) in [6, 6.07) is 5.20. The molecule has 1 amide bonds. The van der Waals surface area contributed by atoms with Crippen molar-refractivity contribution in [3.63, 3.8) is 0 Å². The van der Waals surface area contributed by atoms with Crippen LogP contribution in [0.1, 0.15) is 25.8 Å². The lowest BCUT2D eigenvalue weighted by Gasteiger charge is -2.09. The Kier molecular flexibility index (Phi) is 6.87. The van der Waals surface area contributed by atoms with E-state index in [1.54, 1.807) is 12.1 Å². The summed E-state index contributed by atoms with van der Waals surface area (Å²) in [5.41, 5.74) is 1.00. The van der Waals surface area contributed by atoms with Crippen molar-refractivity contribution in [3.8, 4) is 11.5 Å². The number of nitrogens with one attached hydrogen (secondary N) is 2. The fourth-order valence-electron chi connectivity index (χ4n) is 1.67. The Morgan fingerprint density at radius 1 is 1.40 bits per heavy atom. The van der Waals surface area contributed by atoms with Crippen LogP contribution in [0.5, 0.6) is 11.5 Å². The van der Waals surface area contributed by atoms with E-state index in [1.807, 2.05) is 6.07 Å². The van der Waals surface area contributed by atoms with Gasteiger partial charge in [0.15, 0.2) is 11.5 Å². The van der Waals surface area contributed by atoms with E-state index < -0.39 is 0 Å². The number of phenols is 1. The first-order chi connectivity index (χ1) is 9.52. The van der Waals surface area contributed by atoms with Gasteiger partial charge in [-0.1, -0.05) is 19.9 Å². The Hall–Kier alpha value is -1.75. The Bertz CT molecular complexity index is 433. The molecule has 5 nitrogen and oxygen atoms in total. The van der Waals surface area contributed by atoms with Gasteiger partial charge >= 0.3 is 0 Å². The second-order valence-electron chi connectivity index (χ2n) is 5.13. The number of methoxy groups -OCH3 is 1. The van der Waals surface area contributed by atoms with Gasteiger partial charge in [-0.2, -0.15) is 0 Å². The maximum absolute atomic E-state index is 11.5. The molecule has 3 N–H and O–H groups in total. The summed E-state index contributed by atoms with van der Waals surface area (Å²) >= 11 is 0. The van der Waals surface area contributed by atoms with E-state index in [2.05, 4.69) is 24.5 Å². The molecule has 1 aromatic carbocycles. The molecule has 0 fully saturated rings. The zero-order valence-electron chi connectivity index (χ0n) is 12.4. The molecule has 0 heterocycles. The molecule has 20 heavy (non-hydrogen) atoms. The maximum atomic E-state index is 11.5. The molecule has 1 rings (SSSR count). The van der Waals surface area contributed by atoms with Gasteiger partial charge in [0.2, 0.25) is 5.91 Å². The minimum atomic E-state index is 0.0643. The van der Waals surface area contributed by atoms with Gasteiger partial charge in [0, 0.05) is 26.1 Å². The summed E-state index contributed by atoms with van der Waals surface area (Å²) in [5.74, 6) is 1.12. The second kappa shape index (κ2) is 8.43. The minimum Gasteiger partial charge on any atom is -0.504 e. The average molecular weight is 280 g/mol. The Labute approximate surface area is 120 Å². The molecule has 0 saturated heterocycles. The predicted molar refractivity (Wildman–Crippen MR) is 78.8 cm³/mol. The molecule has 0 bridgehead atoms. The third-order valence-electron chi connectivity index (χ3n) is 2.81. The summed E-state index contributed by atoms with van der Waals surface area (Å²) in [6.45, 7) is 6.10. The summed E-state index contributed by atoms with van der Waals surface area (Å²) in [5, 5.41) is 15.6. The third-order valence-corrected chi connectivity index (χ3v) is 2.81. The molecule has 0 unspecified atom stereocenters. The molecule has 5 heteroatoms. The van der Waals surface area contributed by atoms with Gasteiger partial charge in [0.25, 0.3) is 0 Å². The fourth-order valence-corrected chi connectivity index (χ4v) is 1.67. The Morgan fingerprint density at radius 2 is 2.15 bits per heavy atom. The van der Waals surface area contributed by atoms with Crippen molar-refractivity contribution in [3.05, 3.63) is 23.8 Å². The Balaban J connectivity index is 2.26. The van der Waals surface area contributed by atoms with Crippen LogP contribution >= 0.6 is 0 Å². The molecule has 0 saturated carbocycles. The highest BCUT2D eigenvalue weighted by atomic mass is 16.5. The van der Waals surface area contributed by atoms with Crippen LogP contribution in [0.4, 0.5) is 0 Å². The van der Waals surface area contributed by atoms with Crippen LogP contribution in [-0.4, -0.2) is 31.2 Å². The highest BCUT2D eigenvalue weighted by Crippen LogP contribution is 2.25. The van der Waals surface area contributed by atoms with Crippen LogP contribution in [0.25, 0.3) is 0 Å². The van der Waals surface area contributed by atoms with E-state index >= 15 is 0 Å². The fraction of sp³-hybridized carbons (Fsp3) is 0.533. The van der Waals surface area contributed by atoms with E-state index in [4.69, 9.17) is 4.74 Å². The maximum Gasteiger partial charge on any atom is 0.221 e. The highest BCUT2D eigenvalue weighted by molar-refractivity contribution is 5.76. The van der Waals surface area contributed by atoms with Crippen LogP contribution in [0.15, 0.2) is 18.2 Å². The van der Waals surface area contributed by atoms with Crippen molar-refractivity contribution >= 4 is 5.91 Å². The molecule has 0 atom stereocenters. The van der Waals surface area contributed by atoms with E-state index in [1.165, 1.54) is 7.11 Å². The molecule has 112 valence electrons. The summed E-state index contributed by atoms with van der Waals surface area (Å²) < 4.78 is 5.04. The molecule has 0 radical (unpaired) electrons. The molecule has 0 aliphatic rings. The Morgan fingerprint density at radius 3 is 2.80 bits per heavy atom. The number of carbonyl (C=O) groups excluding carboxylic acids is 1. The number of aromatic hydroxyl groups is 1. The number of phenolic OH excluding ortho intramolecular Hbond substituents is 1. The SMILES string of the molecule is COc1cc(CNCCC(=O)NCC(C)C)ccc1O. The lowest BCUT2D eigenvalue weighted by molar-refractivity contribution is -0.121. The number of hydrogen-bond acceptors (Lipinski definition) is 4. The van der Waals surface area contributed by atoms with Gasteiger partial charge < -0.3 is 20.5 Å². The van der Waals surface area contributed by atoms with Crippen LogP contribution in [0.3, 0.4) is 0 Å². The van der Waals surface area contributed by atoms with Crippen molar-refractivity contribution in [1.29, 1.82) is 0 Å². The molecule has 0 aliphatic heterocycles. The number of carbonyl (C=O) groups is 1. The zero-order chi connectivity index (χ0) is 15.0. The lowest BCUT2D eigenvalue weighted by Crippen LogP contribution is -2.30. The summed E-state index contributed by atoms with van der Waals surface area (Å²) in [6.07, 6.45) is 0.460. The van der Waals surface area contributed by atoms with E-state index in [0.717, 1.165) is 5.56 Å². The topological polar surface area (TPSA) is 70.6 Å². The lowest BCUT2D eigenvalue weighted by atomic mass is 10.2. The largest absolute Gasteiger partial charge is 0.504 e. The third kappa shape index (κ3) is 5.93. The van der Waals surface area contributed by atoms with Crippen molar-refractivity contribution < 1.29 is 14.6 Å². The van der Waals surface area contributed by atoms with E-state index in [0.29, 0.717) is 37.7 Å². The van der Waals surface area contributed by atoms with Crippen LogP contribution < -0.4 is 15.4 Å². The molecule has 0 spiro atoms. The standard InChI is InChI=1S/C15H24N2O3/c1-11(2)9-17-15(19)6-7-16-10-12-4-5-13(18)14(8-12)20-3/h4-5,8,11,16,18H,6-7,9-10H2,1-3H3,(H,17,19). The number of ether oxygens (including phenoxy) is 1. The van der Waals surface area contributed by atoms with Crippen molar-refractivity contribution in [2.24, 2.45) is 5.92 Å². The first-order valence-electron chi connectivity index (χ1n) is 6.86. The van der Waals surface area contributed by atoms with Gasteiger partial charge in [-0.15, -0.1) is 0 Å². The van der Waals surface area contributed by atoms with Gasteiger partial charge in [-0.05, 0) is 23.6 Å². The summed E-state index contributed by atoms with van der Waals surface area (Å²) in [4.78, 5) is 11.5. The number of rotatable bonds is 8. The van der Waals surface area contributed by atoms with Gasteiger partial charge in [0.05, 0.1) is 7.11 Å². The first kappa shape index (κ1) is 16.3. The number of amides is 1. The molecule has 0 aliphatic carbocycles. The monoisotopic (exact) mass is 280 g/mol. The van der Waals surface area contributed by atoms with E-state index in [-0.39, 0.29) is 11.7 Å². The highest BCUT2D eigenvalue weighted by Gasteiger charge is 2.04. The van der Waals surface area contributed by atoms with Crippen LogP contribution in [0, 0.1) is 5.92 Å². The average Bonchev–Trinajstić information content (AvgIpc) is 2.43. The van der Waals surface area contributed by atoms with Crippen LogP contribution in [0.2, 0.25) is 0 Å². The first-order valence-corrected chi connectivity index (χ1v) is 6.86. The normalized spacial score (nSPS) is 10.6. The van der Waals surface area contributed by atoms with Crippen LogP contribution in [-0.2, 0) is 11.3 Å². The molecule has 1 aromatic rings. The van der Waals surface area contributed by atoms with Crippen molar-refractivity contribution in [2.75, 3.05) is 20.2 Å². The second-order valence-corrected chi connectivity index (χ2v) is 5.13. The smallest absolute Gasteiger partial charge is 0.221 e. The quantitative estimate of drug-likeness (QED) is 0.633. The molecular formula is C15H24N2O3. The van der Waals surface area contributed by atoms with Gasteiger partial charge in [0.1, 0.15) is 0 Å². The van der Waals surface area contributed by atoms with Gasteiger partial charge in [-0.25, -0.2) is 0 Å². The molecule has 0 aromatic heterocycles. The zero-order valence-corrected chi connectivity index (χ0v) is 12.4. The number of hydrogen-bond donors (Lipinski definition) is 3. The predicted octanol–water partition coefficient (Wildman–Crippen LogP) is 1.65. The van der Waals surface area contributed by atoms with Crippen molar-refractivity contribution in [1.82, 2.24) is 10.6 Å². The van der Waals surface area contributed by atoms with Gasteiger partial charge in [-0.3, -0.25) is 4.79 Å². The number of benzene rings is 1. The summed E-state index contributed by atoms with van der Waals surface area (Å²) in [7, 11) is 1.52.